The summed E-state index contributed by atoms with van der Waals surface area (Å²) in [6, 6.07) is 4.17. The molecule has 1 aromatic heterocycles. The van der Waals surface area contributed by atoms with Gasteiger partial charge in [-0.2, -0.15) is 0 Å². The van der Waals surface area contributed by atoms with Gasteiger partial charge in [0.05, 0.1) is 10.6 Å². The molecule has 1 aromatic carbocycles. The van der Waals surface area contributed by atoms with Crippen molar-refractivity contribution < 1.29 is 19.1 Å². The average Bonchev–Trinajstić information content (AvgIpc) is 2.76. The third-order valence-corrected chi connectivity index (χ3v) is 6.27. The van der Waals surface area contributed by atoms with Gasteiger partial charge in [0, 0.05) is 44.8 Å². The van der Waals surface area contributed by atoms with Crippen molar-refractivity contribution in [3.05, 3.63) is 61.8 Å². The molecule has 4 rings (SSSR count). The number of carbonyl (C=O) groups excluding carboxylic acids is 2. The Bertz CT molecular complexity index is 1150. The van der Waals surface area contributed by atoms with Crippen molar-refractivity contribution in [2.24, 2.45) is 5.73 Å². The number of hydrogen-bond acceptors (Lipinski definition) is 5. The monoisotopic (exact) mass is 462 g/mol. The number of nitrogens with two attached hydrogens (primary N) is 1. The number of aromatic nitrogens is 1. The number of fused-ring (bicyclic) bond motifs is 3. The summed E-state index contributed by atoms with van der Waals surface area (Å²) >= 11 is 5.84. The van der Waals surface area contributed by atoms with E-state index in [9.17, 15) is 23.9 Å². The molecular weight excluding hydrogens is 439 g/mol. The van der Waals surface area contributed by atoms with Gasteiger partial charge in [0.25, 0.3) is 17.4 Å². The maximum absolute atomic E-state index is 13.5. The van der Waals surface area contributed by atoms with Crippen LogP contribution in [0.25, 0.3) is 0 Å². The van der Waals surface area contributed by atoms with Crippen LogP contribution in [-0.4, -0.2) is 57.5 Å². The van der Waals surface area contributed by atoms with Crippen LogP contribution in [0.3, 0.4) is 0 Å². The van der Waals surface area contributed by atoms with Gasteiger partial charge in [0.2, 0.25) is 0 Å². The quantitative estimate of drug-likeness (QED) is 0.719. The topological polar surface area (TPSA) is 109 Å². The lowest BCUT2D eigenvalue weighted by atomic mass is 9.94. The Hall–Kier alpha value is -2.91. The Morgan fingerprint density at radius 2 is 1.81 bits per heavy atom. The number of pyridine rings is 1. The molecule has 0 saturated carbocycles. The van der Waals surface area contributed by atoms with Crippen molar-refractivity contribution in [1.82, 2.24) is 14.4 Å². The van der Waals surface area contributed by atoms with Gasteiger partial charge in [0.1, 0.15) is 11.5 Å². The summed E-state index contributed by atoms with van der Waals surface area (Å²) in [6.07, 6.45) is 1.66. The number of amides is 2. The van der Waals surface area contributed by atoms with E-state index in [0.717, 1.165) is 0 Å². The fraction of sp³-hybridized carbons (Fsp3) is 0.409. The highest BCUT2D eigenvalue weighted by Gasteiger charge is 2.36. The summed E-state index contributed by atoms with van der Waals surface area (Å²) in [5.41, 5.74) is 5.93. The molecule has 32 heavy (non-hydrogen) atoms. The first kappa shape index (κ1) is 22.3. The van der Waals surface area contributed by atoms with E-state index in [-0.39, 0.29) is 41.8 Å². The minimum absolute atomic E-state index is 0.0552. The van der Waals surface area contributed by atoms with Gasteiger partial charge in [-0.1, -0.05) is 17.7 Å². The van der Waals surface area contributed by atoms with Crippen LogP contribution in [0.5, 0.6) is 5.75 Å². The fourth-order valence-corrected chi connectivity index (χ4v) is 4.60. The van der Waals surface area contributed by atoms with Crippen LogP contribution in [0.1, 0.15) is 44.8 Å². The third kappa shape index (κ3) is 3.86. The molecule has 8 nitrogen and oxygen atoms in total. The van der Waals surface area contributed by atoms with Gasteiger partial charge >= 0.3 is 0 Å². The Morgan fingerprint density at radius 3 is 2.53 bits per heavy atom. The van der Waals surface area contributed by atoms with Crippen molar-refractivity contribution in [3.8, 4) is 5.75 Å². The van der Waals surface area contributed by atoms with Gasteiger partial charge in [-0.25, -0.2) is 4.39 Å². The Kier molecular flexibility index (Phi) is 6.21. The first-order chi connectivity index (χ1) is 15.3. The van der Waals surface area contributed by atoms with Crippen LogP contribution in [-0.2, 0) is 19.5 Å². The standard InChI is InChI=1S/C22H24ClFN4O4/c23-15-11-13(3-4-16(15)24)12-27-9-5-14-17(20(27)30)19(29)22(32)28-8-2-1-7-26(10-6-25)21(31)18(14)28/h3-4,11,29H,1-2,5-10,12,25H2. The summed E-state index contributed by atoms with van der Waals surface area (Å²) in [5.74, 6) is -2.11. The predicted molar refractivity (Wildman–Crippen MR) is 116 cm³/mol. The number of nitrogens with zero attached hydrogens (tertiary/aromatic N) is 3. The molecule has 2 amide bonds. The molecule has 0 saturated heterocycles. The first-order valence-corrected chi connectivity index (χ1v) is 10.9. The van der Waals surface area contributed by atoms with Crippen LogP contribution >= 0.6 is 11.6 Å². The van der Waals surface area contributed by atoms with Crippen LogP contribution in [0.2, 0.25) is 5.02 Å². The van der Waals surface area contributed by atoms with Crippen molar-refractivity contribution >= 4 is 23.4 Å². The number of rotatable bonds is 4. The first-order valence-electron chi connectivity index (χ1n) is 10.5. The average molecular weight is 463 g/mol. The fourth-order valence-electron chi connectivity index (χ4n) is 4.40. The number of carbonyl (C=O) groups is 2. The predicted octanol–water partition coefficient (Wildman–Crippen LogP) is 1.74. The van der Waals surface area contributed by atoms with Crippen molar-refractivity contribution in [2.75, 3.05) is 26.2 Å². The van der Waals surface area contributed by atoms with E-state index in [1.54, 1.807) is 4.90 Å². The van der Waals surface area contributed by atoms with Crippen molar-refractivity contribution in [3.63, 3.8) is 0 Å². The Labute approximate surface area is 189 Å². The molecule has 2 aliphatic heterocycles. The van der Waals surface area contributed by atoms with E-state index in [2.05, 4.69) is 0 Å². The van der Waals surface area contributed by atoms with Gasteiger partial charge < -0.3 is 25.2 Å². The van der Waals surface area contributed by atoms with Gasteiger partial charge in [0.15, 0.2) is 5.75 Å². The van der Waals surface area contributed by atoms with Crippen LogP contribution in [0.4, 0.5) is 4.39 Å². The van der Waals surface area contributed by atoms with E-state index >= 15 is 0 Å². The van der Waals surface area contributed by atoms with Gasteiger partial charge in [-0.05, 0) is 37.0 Å². The Balaban J connectivity index is 1.77. The second-order valence-corrected chi connectivity index (χ2v) is 8.43. The highest BCUT2D eigenvalue weighted by molar-refractivity contribution is 6.30. The molecule has 170 valence electrons. The van der Waals surface area contributed by atoms with Crippen LogP contribution in [0, 0.1) is 5.82 Å². The molecule has 10 heteroatoms. The lowest BCUT2D eigenvalue weighted by molar-refractivity contribution is 0.0709. The lowest BCUT2D eigenvalue weighted by Crippen LogP contribution is -2.45. The molecular formula is C22H24ClFN4O4. The molecule has 0 aliphatic carbocycles. The molecule has 3 N–H and O–H groups in total. The maximum Gasteiger partial charge on any atom is 0.294 e. The van der Waals surface area contributed by atoms with Crippen LogP contribution < -0.4 is 11.3 Å². The van der Waals surface area contributed by atoms with Gasteiger partial charge in [-0.3, -0.25) is 14.4 Å². The molecule has 0 unspecified atom stereocenters. The summed E-state index contributed by atoms with van der Waals surface area (Å²) in [4.78, 5) is 42.6. The molecule has 0 bridgehead atoms. The Morgan fingerprint density at radius 1 is 1.06 bits per heavy atom. The molecule has 0 spiro atoms. The molecule has 2 aliphatic rings. The highest BCUT2D eigenvalue weighted by Crippen LogP contribution is 2.30. The lowest BCUT2D eigenvalue weighted by Gasteiger charge is -2.33. The number of benzene rings is 1. The smallest absolute Gasteiger partial charge is 0.294 e. The normalized spacial score (nSPS) is 16.5. The molecule has 0 fully saturated rings. The molecule has 3 heterocycles. The minimum atomic E-state index is -0.748. The zero-order chi connectivity index (χ0) is 23.0. The van der Waals surface area contributed by atoms with E-state index in [0.29, 0.717) is 50.0 Å². The van der Waals surface area contributed by atoms with E-state index in [1.165, 1.54) is 27.7 Å². The van der Waals surface area contributed by atoms with Crippen molar-refractivity contribution in [2.45, 2.75) is 32.4 Å². The zero-order valence-corrected chi connectivity index (χ0v) is 18.2. The summed E-state index contributed by atoms with van der Waals surface area (Å²) < 4.78 is 14.8. The van der Waals surface area contributed by atoms with E-state index < -0.39 is 23.0 Å². The van der Waals surface area contributed by atoms with E-state index in [1.807, 2.05) is 0 Å². The molecule has 0 atom stereocenters. The maximum atomic E-state index is 13.5. The SMILES string of the molecule is NCCN1CCCCn2c(c3c(c(O)c2=O)C(=O)N(Cc2ccc(F)c(Cl)c2)CC3)C1=O. The van der Waals surface area contributed by atoms with Crippen molar-refractivity contribution in [1.29, 1.82) is 0 Å². The van der Waals surface area contributed by atoms with Crippen LogP contribution in [0.15, 0.2) is 23.0 Å². The molecule has 2 aromatic rings. The minimum Gasteiger partial charge on any atom is -0.502 e. The summed E-state index contributed by atoms with van der Waals surface area (Å²) in [6.45, 7) is 1.84. The largest absolute Gasteiger partial charge is 0.502 e. The number of hydrogen-bond donors (Lipinski definition) is 2. The third-order valence-electron chi connectivity index (χ3n) is 5.98. The molecule has 0 radical (unpaired) electrons. The zero-order valence-electron chi connectivity index (χ0n) is 17.4. The highest BCUT2D eigenvalue weighted by atomic mass is 35.5. The second-order valence-electron chi connectivity index (χ2n) is 8.02. The van der Waals surface area contributed by atoms with E-state index in [4.69, 9.17) is 17.3 Å². The summed E-state index contributed by atoms with van der Waals surface area (Å²) in [5, 5.41) is 10.6. The second kappa shape index (κ2) is 8.91. The van der Waals surface area contributed by atoms with Gasteiger partial charge in [-0.15, -0.1) is 0 Å². The number of aromatic hydroxyl groups is 1. The summed E-state index contributed by atoms with van der Waals surface area (Å²) in [7, 11) is 0. The number of halogens is 2.